The van der Waals surface area contributed by atoms with Gasteiger partial charge < -0.3 is 0 Å². The summed E-state index contributed by atoms with van der Waals surface area (Å²) < 4.78 is 0.889. The van der Waals surface area contributed by atoms with Crippen molar-refractivity contribution < 1.29 is 0 Å². The second-order valence-corrected chi connectivity index (χ2v) is 6.12. The zero-order valence-corrected chi connectivity index (χ0v) is 15.1. The molecule has 2 heteroatoms. The minimum atomic E-state index is 0.700. The molecule has 0 aliphatic rings. The smallest absolute Gasteiger partial charge is 0.0554 e. The molecule has 22 heavy (non-hydrogen) atoms. The van der Waals surface area contributed by atoms with Crippen LogP contribution in [0.3, 0.4) is 0 Å². The van der Waals surface area contributed by atoms with Crippen LogP contribution >= 0.6 is 27.5 Å². The highest BCUT2D eigenvalue weighted by atomic mass is 79.9. The fraction of sp³-hybridized carbons (Fsp3) is 0.100. The van der Waals surface area contributed by atoms with Crippen LogP contribution in [0.5, 0.6) is 0 Å². The van der Waals surface area contributed by atoms with Crippen LogP contribution in [0.2, 0.25) is 5.02 Å². The molecular weight excluding hydrogens is 356 g/mol. The Morgan fingerprint density at radius 3 is 2.32 bits per heavy atom. The Morgan fingerprint density at radius 1 is 1.05 bits per heavy atom. The number of benzene rings is 2. The number of hydrogen-bond donors (Lipinski definition) is 0. The number of fused-ring (bicyclic) bond motifs is 1. The predicted molar refractivity (Wildman–Crippen MR) is 106 cm³/mol. The Labute approximate surface area is 144 Å². The van der Waals surface area contributed by atoms with Crippen molar-refractivity contribution in [3.05, 3.63) is 68.5 Å². The Bertz CT molecular complexity index is 902. The zero-order chi connectivity index (χ0) is 16.3. The molecule has 0 radical (unpaired) electrons. The predicted octanol–water partition coefficient (Wildman–Crippen LogP) is 5.70. The topological polar surface area (TPSA) is 0 Å². The molecule has 0 saturated carbocycles. The summed E-state index contributed by atoms with van der Waals surface area (Å²) in [5, 5.41) is 5.22. The molecule has 0 unspecified atom stereocenters. The zero-order valence-electron chi connectivity index (χ0n) is 12.8. The van der Waals surface area contributed by atoms with Crippen molar-refractivity contribution >= 4 is 62.6 Å². The molecule has 0 atom stereocenters. The van der Waals surface area contributed by atoms with Gasteiger partial charge in [-0.2, -0.15) is 0 Å². The van der Waals surface area contributed by atoms with Gasteiger partial charge in [0.05, 0.1) is 5.02 Å². The molecule has 0 bridgehead atoms. The fourth-order valence-electron chi connectivity index (χ4n) is 2.75. The van der Waals surface area contributed by atoms with E-state index in [1.807, 2.05) is 38.1 Å². The molecule has 2 aromatic carbocycles. The molecule has 0 amide bonds. The van der Waals surface area contributed by atoms with Crippen molar-refractivity contribution in [1.82, 2.24) is 0 Å². The van der Waals surface area contributed by atoms with E-state index in [0.717, 1.165) is 36.8 Å². The monoisotopic (exact) mass is 372 g/mol. The second-order valence-electron chi connectivity index (χ2n) is 4.86. The van der Waals surface area contributed by atoms with Gasteiger partial charge in [-0.25, -0.2) is 0 Å². The van der Waals surface area contributed by atoms with Crippen LogP contribution in [0.15, 0.2) is 41.9 Å². The van der Waals surface area contributed by atoms with Gasteiger partial charge in [0.25, 0.3) is 0 Å². The number of rotatable bonds is 3. The summed E-state index contributed by atoms with van der Waals surface area (Å²) in [7, 11) is 0. The molecule has 0 spiro atoms. The van der Waals surface area contributed by atoms with Gasteiger partial charge in [0.2, 0.25) is 0 Å². The summed E-state index contributed by atoms with van der Waals surface area (Å²) in [6.45, 7) is 11.9. The Hall–Kier alpha value is -1.57. The summed E-state index contributed by atoms with van der Waals surface area (Å²) >= 11 is 9.85. The SMILES string of the molecule is C=C/C=c1\c(=C/C)c(C=C)c(/C=C\C)c2cc(Br)c(Cl)cc12. The van der Waals surface area contributed by atoms with Gasteiger partial charge in [-0.05, 0) is 74.2 Å². The third kappa shape index (κ3) is 2.84. The van der Waals surface area contributed by atoms with Crippen LogP contribution in [-0.2, 0) is 0 Å². The van der Waals surface area contributed by atoms with E-state index in [0.29, 0.717) is 5.02 Å². The van der Waals surface area contributed by atoms with E-state index < -0.39 is 0 Å². The van der Waals surface area contributed by atoms with Crippen LogP contribution < -0.4 is 10.4 Å². The van der Waals surface area contributed by atoms with Gasteiger partial charge in [0.15, 0.2) is 0 Å². The average molecular weight is 374 g/mol. The number of hydrogen-bond acceptors (Lipinski definition) is 0. The van der Waals surface area contributed by atoms with Crippen molar-refractivity contribution in [2.75, 3.05) is 0 Å². The Kier molecular flexibility index (Phi) is 5.44. The summed E-state index contributed by atoms with van der Waals surface area (Å²) in [5.41, 5.74) is 2.27. The van der Waals surface area contributed by atoms with E-state index in [2.05, 4.69) is 47.3 Å². The molecular formula is C20H18BrCl. The maximum atomic E-state index is 6.32. The lowest BCUT2D eigenvalue weighted by Gasteiger charge is -2.12. The molecule has 2 aromatic rings. The molecule has 0 aliphatic heterocycles. The minimum absolute atomic E-state index is 0.700. The maximum absolute atomic E-state index is 6.32. The standard InChI is InChI=1S/C20H18BrCl/c1-5-9-15-13(7-3)14(8-4)16(10-6-2)18-12-20(22)19(21)11-17(15)18/h5-12H,2-3H2,1,4H3/b9-5-,14-8-,16-10+. The van der Waals surface area contributed by atoms with Crippen molar-refractivity contribution in [2.45, 2.75) is 13.8 Å². The van der Waals surface area contributed by atoms with Gasteiger partial charge in [0.1, 0.15) is 0 Å². The van der Waals surface area contributed by atoms with Crippen LogP contribution in [0.25, 0.3) is 35.1 Å². The molecule has 0 aliphatic carbocycles. The van der Waals surface area contributed by atoms with E-state index in [-0.39, 0.29) is 0 Å². The highest BCUT2D eigenvalue weighted by molar-refractivity contribution is 9.10. The molecule has 0 N–H and O–H groups in total. The molecule has 0 aromatic heterocycles. The third-order valence-corrected chi connectivity index (χ3v) is 4.82. The van der Waals surface area contributed by atoms with Crippen molar-refractivity contribution in [3.63, 3.8) is 0 Å². The molecule has 112 valence electrons. The van der Waals surface area contributed by atoms with E-state index in [1.54, 1.807) is 6.08 Å². The largest absolute Gasteiger partial charge is 0.0990 e. The molecule has 2 rings (SSSR count). The highest BCUT2D eigenvalue weighted by Crippen LogP contribution is 2.30. The highest BCUT2D eigenvalue weighted by Gasteiger charge is 2.10. The minimum Gasteiger partial charge on any atom is -0.0990 e. The van der Waals surface area contributed by atoms with E-state index in [1.165, 1.54) is 0 Å². The summed E-state index contributed by atoms with van der Waals surface area (Å²) in [5.74, 6) is 0. The summed E-state index contributed by atoms with van der Waals surface area (Å²) in [6, 6.07) is 4.07. The molecule has 0 nitrogen and oxygen atoms in total. The first-order chi connectivity index (χ1) is 10.6. The van der Waals surface area contributed by atoms with Gasteiger partial charge in [-0.1, -0.05) is 61.2 Å². The summed E-state index contributed by atoms with van der Waals surface area (Å²) in [6.07, 6.45) is 12.0. The van der Waals surface area contributed by atoms with Crippen molar-refractivity contribution in [3.8, 4) is 0 Å². The third-order valence-electron chi connectivity index (χ3n) is 3.62. The van der Waals surface area contributed by atoms with Gasteiger partial charge in [-0.15, -0.1) is 0 Å². The first-order valence-electron chi connectivity index (χ1n) is 7.08. The van der Waals surface area contributed by atoms with Gasteiger partial charge in [0, 0.05) is 4.47 Å². The lowest BCUT2D eigenvalue weighted by atomic mass is 9.93. The van der Waals surface area contributed by atoms with Crippen molar-refractivity contribution in [2.24, 2.45) is 0 Å². The van der Waals surface area contributed by atoms with Crippen LogP contribution in [0.1, 0.15) is 25.0 Å². The lowest BCUT2D eigenvalue weighted by Crippen LogP contribution is -2.29. The maximum Gasteiger partial charge on any atom is 0.0554 e. The van der Waals surface area contributed by atoms with Gasteiger partial charge >= 0.3 is 0 Å². The van der Waals surface area contributed by atoms with Gasteiger partial charge in [-0.3, -0.25) is 0 Å². The number of halogens is 2. The summed E-state index contributed by atoms with van der Waals surface area (Å²) in [4.78, 5) is 0. The Balaban J connectivity index is 3.29. The lowest BCUT2D eigenvalue weighted by molar-refractivity contribution is 1.50. The quantitative estimate of drug-likeness (QED) is 0.647. The van der Waals surface area contributed by atoms with E-state index in [9.17, 15) is 0 Å². The molecule has 0 fully saturated rings. The average Bonchev–Trinajstić information content (AvgIpc) is 2.51. The van der Waals surface area contributed by atoms with Crippen LogP contribution in [-0.4, -0.2) is 0 Å². The van der Waals surface area contributed by atoms with E-state index in [4.69, 9.17) is 11.6 Å². The first-order valence-corrected chi connectivity index (χ1v) is 8.25. The fourth-order valence-corrected chi connectivity index (χ4v) is 3.25. The first kappa shape index (κ1) is 16.8. The number of allylic oxidation sites excluding steroid dienone is 2. The van der Waals surface area contributed by atoms with Crippen LogP contribution in [0.4, 0.5) is 0 Å². The normalized spacial score (nSPS) is 13.3. The van der Waals surface area contributed by atoms with Crippen molar-refractivity contribution in [1.29, 1.82) is 0 Å². The van der Waals surface area contributed by atoms with Crippen LogP contribution in [0, 0.1) is 0 Å². The Morgan fingerprint density at radius 2 is 1.77 bits per heavy atom. The molecule has 0 saturated heterocycles. The molecule has 0 heterocycles. The van der Waals surface area contributed by atoms with E-state index >= 15 is 0 Å². The second kappa shape index (κ2) is 7.13.